The second-order valence-electron chi connectivity index (χ2n) is 7.42. The van der Waals surface area contributed by atoms with Crippen molar-refractivity contribution < 1.29 is 18.7 Å². The number of anilines is 1. The van der Waals surface area contributed by atoms with Gasteiger partial charge < -0.3 is 24.7 Å². The number of ether oxygens (including phenoxy) is 1. The van der Waals surface area contributed by atoms with Crippen LogP contribution in [0.4, 0.5) is 10.5 Å². The van der Waals surface area contributed by atoms with E-state index in [1.807, 2.05) is 41.3 Å². The lowest BCUT2D eigenvalue weighted by atomic mass is 9.96. The van der Waals surface area contributed by atoms with Gasteiger partial charge in [-0.05, 0) is 43.0 Å². The van der Waals surface area contributed by atoms with Gasteiger partial charge in [-0.15, -0.1) is 0 Å². The van der Waals surface area contributed by atoms with Gasteiger partial charge in [-0.1, -0.05) is 30.3 Å². The van der Waals surface area contributed by atoms with Crippen LogP contribution in [0.25, 0.3) is 11.0 Å². The van der Waals surface area contributed by atoms with Crippen LogP contribution in [0.5, 0.6) is 5.75 Å². The molecule has 0 bridgehead atoms. The molecule has 3 amide bonds. The lowest BCUT2D eigenvalue weighted by Gasteiger charge is -2.31. The van der Waals surface area contributed by atoms with Crippen molar-refractivity contribution in [2.24, 2.45) is 5.92 Å². The van der Waals surface area contributed by atoms with Crippen LogP contribution in [0.1, 0.15) is 23.4 Å². The molecule has 0 saturated carbocycles. The highest BCUT2D eigenvalue weighted by molar-refractivity contribution is 5.96. The number of furan rings is 1. The molecule has 1 fully saturated rings. The van der Waals surface area contributed by atoms with Crippen LogP contribution in [-0.4, -0.2) is 43.6 Å². The third-order valence-corrected chi connectivity index (χ3v) is 5.44. The average molecular weight is 407 g/mol. The molecule has 0 spiro atoms. The Morgan fingerprint density at radius 3 is 2.60 bits per heavy atom. The number of urea groups is 1. The smallest absolute Gasteiger partial charge is 0.319 e. The van der Waals surface area contributed by atoms with Crippen molar-refractivity contribution >= 4 is 28.6 Å². The Morgan fingerprint density at radius 2 is 1.83 bits per heavy atom. The molecule has 30 heavy (non-hydrogen) atoms. The van der Waals surface area contributed by atoms with E-state index in [-0.39, 0.29) is 11.9 Å². The predicted molar refractivity (Wildman–Crippen MR) is 115 cm³/mol. The summed E-state index contributed by atoms with van der Waals surface area (Å²) in [4.78, 5) is 26.8. The van der Waals surface area contributed by atoms with Gasteiger partial charge in [0.1, 0.15) is 11.3 Å². The maximum atomic E-state index is 12.7. The number of para-hydroxylation sites is 3. The van der Waals surface area contributed by atoms with E-state index < -0.39 is 0 Å². The summed E-state index contributed by atoms with van der Waals surface area (Å²) in [5, 5.41) is 6.66. The number of piperidine rings is 1. The molecular weight excluding hydrogens is 382 g/mol. The lowest BCUT2D eigenvalue weighted by Crippen LogP contribution is -2.42. The highest BCUT2D eigenvalue weighted by Gasteiger charge is 2.26. The van der Waals surface area contributed by atoms with Crippen molar-refractivity contribution in [1.82, 2.24) is 10.2 Å². The summed E-state index contributed by atoms with van der Waals surface area (Å²) in [5.41, 5.74) is 1.35. The second-order valence-corrected chi connectivity index (χ2v) is 7.42. The number of carbonyl (C=O) groups is 2. The van der Waals surface area contributed by atoms with Crippen molar-refractivity contribution in [2.75, 3.05) is 32.1 Å². The standard InChI is InChI=1S/C23H25N3O4/c1-29-20-9-5-3-7-18(20)25-23(28)24-15-16-10-12-26(13-11-16)22(27)21-14-17-6-2-4-8-19(17)30-21/h2-9,14,16H,10-13,15H2,1H3,(H2,24,25,28). The lowest BCUT2D eigenvalue weighted by molar-refractivity contribution is 0.0661. The van der Waals surface area contributed by atoms with Gasteiger partial charge in [-0.3, -0.25) is 4.79 Å². The molecule has 2 heterocycles. The van der Waals surface area contributed by atoms with E-state index in [9.17, 15) is 9.59 Å². The Bertz CT molecular complexity index is 1000. The molecule has 1 saturated heterocycles. The van der Waals surface area contributed by atoms with Crippen molar-refractivity contribution in [1.29, 1.82) is 0 Å². The molecule has 2 aromatic carbocycles. The summed E-state index contributed by atoms with van der Waals surface area (Å²) in [6.45, 7) is 1.86. The summed E-state index contributed by atoms with van der Waals surface area (Å²) in [7, 11) is 1.57. The molecular formula is C23H25N3O4. The van der Waals surface area contributed by atoms with Gasteiger partial charge in [0.15, 0.2) is 5.76 Å². The zero-order chi connectivity index (χ0) is 20.9. The van der Waals surface area contributed by atoms with Gasteiger partial charge in [0, 0.05) is 25.0 Å². The molecule has 0 radical (unpaired) electrons. The van der Waals surface area contributed by atoms with Crippen LogP contribution in [0.15, 0.2) is 59.0 Å². The number of hydrogen-bond donors (Lipinski definition) is 2. The fourth-order valence-corrected chi connectivity index (χ4v) is 3.73. The van der Waals surface area contributed by atoms with Crippen LogP contribution in [0.3, 0.4) is 0 Å². The highest BCUT2D eigenvalue weighted by atomic mass is 16.5. The monoisotopic (exact) mass is 407 g/mol. The summed E-state index contributed by atoms with van der Waals surface area (Å²) < 4.78 is 10.9. The molecule has 1 aliphatic rings. The van der Waals surface area contributed by atoms with Crippen LogP contribution in [0, 0.1) is 5.92 Å². The Balaban J connectivity index is 1.25. The molecule has 7 heteroatoms. The quantitative estimate of drug-likeness (QED) is 0.667. The number of hydrogen-bond acceptors (Lipinski definition) is 4. The zero-order valence-corrected chi connectivity index (χ0v) is 16.9. The van der Waals surface area contributed by atoms with Gasteiger partial charge in [0.05, 0.1) is 12.8 Å². The van der Waals surface area contributed by atoms with Crippen LogP contribution < -0.4 is 15.4 Å². The fourth-order valence-electron chi connectivity index (χ4n) is 3.73. The largest absolute Gasteiger partial charge is 0.495 e. The molecule has 0 atom stereocenters. The maximum Gasteiger partial charge on any atom is 0.319 e. The van der Waals surface area contributed by atoms with Crippen LogP contribution in [-0.2, 0) is 0 Å². The molecule has 156 valence electrons. The number of methoxy groups -OCH3 is 1. The average Bonchev–Trinajstić information content (AvgIpc) is 3.22. The first-order chi connectivity index (χ1) is 14.6. The molecule has 7 nitrogen and oxygen atoms in total. The summed E-state index contributed by atoms with van der Waals surface area (Å²) in [6.07, 6.45) is 1.67. The normalized spacial score (nSPS) is 14.5. The number of fused-ring (bicyclic) bond motifs is 1. The summed E-state index contributed by atoms with van der Waals surface area (Å²) in [6, 6.07) is 16.4. The number of benzene rings is 2. The first-order valence-electron chi connectivity index (χ1n) is 10.1. The third kappa shape index (κ3) is 4.40. The fraction of sp³-hybridized carbons (Fsp3) is 0.304. The van der Waals surface area contributed by atoms with E-state index in [1.54, 1.807) is 25.3 Å². The number of nitrogens with zero attached hydrogens (tertiary/aromatic N) is 1. The first-order valence-corrected chi connectivity index (χ1v) is 10.1. The molecule has 1 aromatic heterocycles. The van der Waals surface area contributed by atoms with Crippen LogP contribution >= 0.6 is 0 Å². The molecule has 0 aliphatic carbocycles. The Morgan fingerprint density at radius 1 is 1.10 bits per heavy atom. The second kappa shape index (κ2) is 8.90. The van der Waals surface area contributed by atoms with E-state index in [2.05, 4.69) is 10.6 Å². The molecule has 1 aliphatic heterocycles. The molecule has 3 aromatic rings. The zero-order valence-electron chi connectivity index (χ0n) is 16.9. The van der Waals surface area contributed by atoms with Crippen LogP contribution in [0.2, 0.25) is 0 Å². The minimum Gasteiger partial charge on any atom is -0.495 e. The van der Waals surface area contributed by atoms with Crippen molar-refractivity contribution in [3.05, 3.63) is 60.4 Å². The molecule has 0 unspecified atom stereocenters. The first kappa shape index (κ1) is 19.8. The molecule has 2 N–H and O–H groups in total. The Kier molecular flexibility index (Phi) is 5.88. The number of rotatable bonds is 5. The minimum atomic E-state index is -0.264. The molecule has 4 rings (SSSR count). The Hall–Kier alpha value is -3.48. The summed E-state index contributed by atoms with van der Waals surface area (Å²) >= 11 is 0. The van der Waals surface area contributed by atoms with Gasteiger partial charge in [-0.2, -0.15) is 0 Å². The van der Waals surface area contributed by atoms with Gasteiger partial charge >= 0.3 is 6.03 Å². The number of amides is 3. The van der Waals surface area contributed by atoms with Gasteiger partial charge in [0.2, 0.25) is 0 Å². The van der Waals surface area contributed by atoms with E-state index >= 15 is 0 Å². The SMILES string of the molecule is COc1ccccc1NC(=O)NCC1CCN(C(=O)c2cc3ccccc3o2)CC1. The van der Waals surface area contributed by atoms with E-state index in [0.717, 1.165) is 23.8 Å². The van der Waals surface area contributed by atoms with Gasteiger partial charge in [-0.25, -0.2) is 4.79 Å². The third-order valence-electron chi connectivity index (χ3n) is 5.44. The van der Waals surface area contributed by atoms with Crippen molar-refractivity contribution in [2.45, 2.75) is 12.8 Å². The van der Waals surface area contributed by atoms with E-state index in [0.29, 0.717) is 42.7 Å². The summed E-state index contributed by atoms with van der Waals surface area (Å²) in [5.74, 6) is 1.24. The van der Waals surface area contributed by atoms with Crippen molar-refractivity contribution in [3.8, 4) is 5.75 Å². The van der Waals surface area contributed by atoms with E-state index in [1.165, 1.54) is 0 Å². The predicted octanol–water partition coefficient (Wildman–Crippen LogP) is 4.12. The minimum absolute atomic E-state index is 0.0773. The van der Waals surface area contributed by atoms with Gasteiger partial charge in [0.25, 0.3) is 5.91 Å². The number of nitrogens with one attached hydrogen (secondary N) is 2. The van der Waals surface area contributed by atoms with Crippen molar-refractivity contribution in [3.63, 3.8) is 0 Å². The van der Waals surface area contributed by atoms with E-state index in [4.69, 9.17) is 9.15 Å². The number of carbonyl (C=O) groups excluding carboxylic acids is 2. The topological polar surface area (TPSA) is 83.8 Å². The maximum absolute atomic E-state index is 12.7. The Labute approximate surface area is 175 Å². The number of likely N-dealkylation sites (tertiary alicyclic amines) is 1. The highest BCUT2D eigenvalue weighted by Crippen LogP contribution is 2.24.